The third-order valence-electron chi connectivity index (χ3n) is 3.75. The molecular weight excluding hydrogens is 352 g/mol. The Morgan fingerprint density at radius 1 is 1.12 bits per heavy atom. The Morgan fingerprint density at radius 2 is 1.65 bits per heavy atom. The van der Waals surface area contributed by atoms with E-state index in [-0.39, 0.29) is 19.6 Å². The highest BCUT2D eigenvalue weighted by Crippen LogP contribution is 2.31. The van der Waals surface area contributed by atoms with E-state index >= 15 is 0 Å². The topological polar surface area (TPSA) is 69.7 Å². The Labute approximate surface area is 157 Å². The van der Waals surface area contributed by atoms with Gasteiger partial charge in [0.1, 0.15) is 0 Å². The van der Waals surface area contributed by atoms with Crippen molar-refractivity contribution < 1.29 is 23.3 Å². The second kappa shape index (κ2) is 10.7. The fourth-order valence-electron chi connectivity index (χ4n) is 2.29. The first-order chi connectivity index (χ1) is 12.4. The van der Waals surface area contributed by atoms with Gasteiger partial charge in [-0.25, -0.2) is 4.21 Å². The van der Waals surface area contributed by atoms with E-state index in [2.05, 4.69) is 6.58 Å². The van der Waals surface area contributed by atoms with E-state index in [1.807, 2.05) is 19.1 Å². The molecule has 0 aromatic heterocycles. The molecule has 0 unspecified atom stereocenters. The quantitative estimate of drug-likeness (QED) is 0.353. The van der Waals surface area contributed by atoms with Gasteiger partial charge in [0, 0.05) is 10.3 Å². The summed E-state index contributed by atoms with van der Waals surface area (Å²) in [6, 6.07) is 7.19. The third kappa shape index (κ3) is 5.66. The minimum absolute atomic E-state index is 0.128. The van der Waals surface area contributed by atoms with E-state index in [0.29, 0.717) is 11.3 Å². The van der Waals surface area contributed by atoms with Gasteiger partial charge in [0.25, 0.3) is 0 Å². The zero-order valence-corrected chi connectivity index (χ0v) is 16.3. The number of carbonyl (C=O) groups excluding carboxylic acids is 2. The zero-order chi connectivity index (χ0) is 19.6. The Bertz CT molecular complexity index is 658. The highest BCUT2D eigenvalue weighted by molar-refractivity contribution is 7.88. The summed E-state index contributed by atoms with van der Waals surface area (Å²) in [6.07, 6.45) is 3.50. The van der Waals surface area contributed by atoms with Crippen molar-refractivity contribution in [2.45, 2.75) is 38.5 Å². The number of carbonyl (C=O) groups is 2. The first kappa shape index (κ1) is 21.8. The fraction of sp³-hybridized carbons (Fsp3) is 0.400. The van der Waals surface area contributed by atoms with Crippen molar-refractivity contribution >= 4 is 22.7 Å². The van der Waals surface area contributed by atoms with Gasteiger partial charge in [0.15, 0.2) is 5.41 Å². The minimum atomic E-state index is -1.64. The largest absolute Gasteiger partial charge is 0.465 e. The predicted octanol–water partition coefficient (Wildman–Crippen LogP) is 3.70. The molecule has 1 aromatic carbocycles. The van der Waals surface area contributed by atoms with Crippen LogP contribution < -0.4 is 0 Å². The van der Waals surface area contributed by atoms with Crippen LogP contribution in [0, 0.1) is 12.3 Å². The molecular formula is C20H26O5S. The lowest BCUT2D eigenvalue weighted by molar-refractivity contribution is -0.168. The van der Waals surface area contributed by atoms with Crippen LogP contribution in [0.4, 0.5) is 0 Å². The number of hydrogen-bond donors (Lipinski definition) is 0. The molecule has 0 bridgehead atoms. The number of rotatable bonds is 10. The van der Waals surface area contributed by atoms with Crippen LogP contribution >= 0.6 is 0 Å². The number of aryl methyl sites for hydroxylation is 1. The summed E-state index contributed by atoms with van der Waals surface area (Å²) in [6.45, 7) is 9.15. The van der Waals surface area contributed by atoms with Gasteiger partial charge in [0.2, 0.25) is 0 Å². The maximum Gasteiger partial charge on any atom is 0.327 e. The van der Waals surface area contributed by atoms with Crippen LogP contribution in [0.1, 0.15) is 32.3 Å². The second-order valence-corrected chi connectivity index (χ2v) is 6.99. The predicted molar refractivity (Wildman–Crippen MR) is 102 cm³/mol. The van der Waals surface area contributed by atoms with Crippen molar-refractivity contribution in [3.8, 4) is 0 Å². The normalized spacial score (nSPS) is 12.6. The average molecular weight is 378 g/mol. The van der Waals surface area contributed by atoms with E-state index in [1.165, 1.54) is 11.5 Å². The van der Waals surface area contributed by atoms with Gasteiger partial charge in [-0.3, -0.25) is 9.59 Å². The Balaban J connectivity index is 3.24. The molecule has 0 fully saturated rings. The zero-order valence-electron chi connectivity index (χ0n) is 15.5. The minimum Gasteiger partial charge on any atom is -0.465 e. The van der Waals surface area contributed by atoms with Crippen molar-refractivity contribution in [2.75, 3.05) is 13.2 Å². The molecule has 0 aliphatic rings. The Morgan fingerprint density at radius 3 is 2.12 bits per heavy atom. The maximum absolute atomic E-state index is 12.6. The van der Waals surface area contributed by atoms with Gasteiger partial charge in [0.05, 0.1) is 24.0 Å². The standard InChI is InChI=1S/C20H26O5S/c1-5-8-13-20(18(21)24-6-2,19(22)25-7-3)14-15-26(23)17-11-9-16(4)10-12-17/h5,9-12,14-15H,1,6-8,13H2,2-4H3/b15-14+/t26-/m1/s1. The molecule has 0 radical (unpaired) electrons. The molecule has 1 rings (SSSR count). The van der Waals surface area contributed by atoms with Gasteiger partial charge >= 0.3 is 11.9 Å². The van der Waals surface area contributed by atoms with Crippen LogP contribution in [0.3, 0.4) is 0 Å². The van der Waals surface area contributed by atoms with Crippen LogP contribution in [0.5, 0.6) is 0 Å². The van der Waals surface area contributed by atoms with E-state index < -0.39 is 28.2 Å². The van der Waals surface area contributed by atoms with Crippen molar-refractivity contribution in [3.05, 3.63) is 54.0 Å². The summed E-state index contributed by atoms with van der Waals surface area (Å²) in [4.78, 5) is 25.7. The molecule has 0 heterocycles. The van der Waals surface area contributed by atoms with Crippen LogP contribution in [0.15, 0.2) is 53.3 Å². The molecule has 1 aromatic rings. The van der Waals surface area contributed by atoms with E-state index in [0.717, 1.165) is 5.56 Å². The lowest BCUT2D eigenvalue weighted by Crippen LogP contribution is -2.40. The van der Waals surface area contributed by atoms with E-state index in [9.17, 15) is 13.8 Å². The average Bonchev–Trinajstić information content (AvgIpc) is 2.62. The highest BCUT2D eigenvalue weighted by Gasteiger charge is 2.46. The van der Waals surface area contributed by atoms with Crippen molar-refractivity contribution in [1.29, 1.82) is 0 Å². The van der Waals surface area contributed by atoms with Crippen LogP contribution in [-0.2, 0) is 29.9 Å². The third-order valence-corrected chi connectivity index (χ3v) is 4.87. The number of hydrogen-bond acceptors (Lipinski definition) is 5. The molecule has 1 atom stereocenters. The SMILES string of the molecule is C=CCCC(/C=C/[S@@](=O)c1ccc(C)cc1)(C(=O)OCC)C(=O)OCC. The molecule has 0 saturated heterocycles. The molecule has 142 valence electrons. The molecule has 0 aliphatic carbocycles. The lowest BCUT2D eigenvalue weighted by Gasteiger charge is -2.25. The fourth-order valence-corrected chi connectivity index (χ4v) is 3.20. The summed E-state index contributed by atoms with van der Waals surface area (Å²) in [7, 11) is -1.51. The molecule has 26 heavy (non-hydrogen) atoms. The van der Waals surface area contributed by atoms with Crippen LogP contribution in [0.2, 0.25) is 0 Å². The summed E-state index contributed by atoms with van der Waals surface area (Å²) >= 11 is 0. The first-order valence-electron chi connectivity index (χ1n) is 8.53. The monoisotopic (exact) mass is 378 g/mol. The van der Waals surface area contributed by atoms with Crippen LogP contribution in [-0.4, -0.2) is 29.4 Å². The number of esters is 2. The molecule has 0 N–H and O–H groups in total. The lowest BCUT2D eigenvalue weighted by atomic mass is 9.83. The summed E-state index contributed by atoms with van der Waals surface area (Å²) < 4.78 is 22.7. The molecule has 0 saturated carbocycles. The highest BCUT2D eigenvalue weighted by atomic mass is 32.2. The number of benzene rings is 1. The van der Waals surface area contributed by atoms with Gasteiger partial charge in [-0.2, -0.15) is 0 Å². The molecule has 0 amide bonds. The Hall–Kier alpha value is -2.21. The smallest absolute Gasteiger partial charge is 0.327 e. The van der Waals surface area contributed by atoms with Gasteiger partial charge in [-0.15, -0.1) is 6.58 Å². The van der Waals surface area contributed by atoms with Gasteiger partial charge in [-0.1, -0.05) is 23.8 Å². The molecule has 0 spiro atoms. The van der Waals surface area contributed by atoms with E-state index in [1.54, 1.807) is 32.1 Å². The molecule has 5 nitrogen and oxygen atoms in total. The Kier molecular flexibility index (Phi) is 8.99. The van der Waals surface area contributed by atoms with Crippen LogP contribution in [0.25, 0.3) is 0 Å². The van der Waals surface area contributed by atoms with Crippen molar-refractivity contribution in [2.24, 2.45) is 5.41 Å². The molecule has 0 aliphatic heterocycles. The number of allylic oxidation sites excluding steroid dienone is 1. The first-order valence-corrected chi connectivity index (χ1v) is 9.74. The number of ether oxygens (including phenoxy) is 2. The van der Waals surface area contributed by atoms with Gasteiger partial charge in [-0.05, 0) is 51.8 Å². The van der Waals surface area contributed by atoms with Crippen molar-refractivity contribution in [1.82, 2.24) is 0 Å². The summed E-state index contributed by atoms with van der Waals surface area (Å²) in [5, 5.41) is 1.35. The summed E-state index contributed by atoms with van der Waals surface area (Å²) in [5.41, 5.74) is -0.589. The maximum atomic E-state index is 12.6. The second-order valence-electron chi connectivity index (χ2n) is 5.65. The van der Waals surface area contributed by atoms with Crippen molar-refractivity contribution in [3.63, 3.8) is 0 Å². The molecule has 6 heteroatoms. The van der Waals surface area contributed by atoms with E-state index in [4.69, 9.17) is 9.47 Å². The van der Waals surface area contributed by atoms with Gasteiger partial charge < -0.3 is 9.47 Å². The summed E-state index contributed by atoms with van der Waals surface area (Å²) in [5.74, 6) is -1.42.